The molecule has 0 aromatic heterocycles. The van der Waals surface area contributed by atoms with Crippen molar-refractivity contribution in [2.75, 3.05) is 0 Å². The summed E-state index contributed by atoms with van der Waals surface area (Å²) in [5, 5.41) is 1.11. The van der Waals surface area contributed by atoms with Gasteiger partial charge in [0.25, 0.3) is 0 Å². The molecular formula is C27H22F6. The molecule has 3 aromatic carbocycles. The Morgan fingerprint density at radius 3 is 2.12 bits per heavy atom. The molecular weight excluding hydrogens is 438 g/mol. The van der Waals surface area contributed by atoms with Crippen LogP contribution in [-0.4, -0.2) is 0 Å². The molecule has 1 fully saturated rings. The first kappa shape index (κ1) is 23.2. The zero-order valence-electron chi connectivity index (χ0n) is 18.0. The molecule has 4 rings (SSSR count). The van der Waals surface area contributed by atoms with Crippen LogP contribution in [0.2, 0.25) is 0 Å². The Kier molecular flexibility index (Phi) is 6.43. The second-order valence-corrected chi connectivity index (χ2v) is 8.60. The molecule has 0 nitrogen and oxygen atoms in total. The van der Waals surface area contributed by atoms with E-state index in [4.69, 9.17) is 0 Å². The minimum absolute atomic E-state index is 0.000539. The first-order valence-electron chi connectivity index (χ1n) is 11.0. The highest BCUT2D eigenvalue weighted by Gasteiger charge is 2.37. The van der Waals surface area contributed by atoms with Crippen LogP contribution in [0.3, 0.4) is 0 Å². The Bertz CT molecular complexity index is 1210. The Labute approximate surface area is 188 Å². The van der Waals surface area contributed by atoms with Crippen molar-refractivity contribution < 1.29 is 26.3 Å². The number of halogens is 6. The maximum atomic E-state index is 15.0. The predicted molar refractivity (Wildman–Crippen MR) is 116 cm³/mol. The van der Waals surface area contributed by atoms with E-state index in [1.54, 1.807) is 12.1 Å². The largest absolute Gasteiger partial charge is 0.422 e. The van der Waals surface area contributed by atoms with Crippen LogP contribution in [0, 0.1) is 35.2 Å². The number of hydrogen-bond acceptors (Lipinski definition) is 0. The zero-order chi connectivity index (χ0) is 23.8. The van der Waals surface area contributed by atoms with Gasteiger partial charge in [0, 0.05) is 10.9 Å². The summed E-state index contributed by atoms with van der Waals surface area (Å²) in [5.74, 6) is 2.00. The second-order valence-electron chi connectivity index (χ2n) is 8.60. The van der Waals surface area contributed by atoms with E-state index in [0.717, 1.165) is 24.1 Å². The zero-order valence-corrected chi connectivity index (χ0v) is 18.0. The van der Waals surface area contributed by atoms with E-state index < -0.39 is 29.2 Å². The van der Waals surface area contributed by atoms with Crippen LogP contribution in [0.1, 0.15) is 67.2 Å². The summed E-state index contributed by atoms with van der Waals surface area (Å²) in [6.45, 7) is 2.22. The summed E-state index contributed by atoms with van der Waals surface area (Å²) in [6, 6.07) is 9.84. The molecule has 0 unspecified atom stereocenters. The minimum Gasteiger partial charge on any atom is -0.206 e. The van der Waals surface area contributed by atoms with Crippen LogP contribution < -0.4 is 0 Å². The Morgan fingerprint density at radius 2 is 1.52 bits per heavy atom. The lowest BCUT2D eigenvalue weighted by molar-refractivity contribution is -0.142. The lowest BCUT2D eigenvalue weighted by Gasteiger charge is -2.28. The Hall–Kier alpha value is -2.94. The maximum absolute atomic E-state index is 15.0. The maximum Gasteiger partial charge on any atom is 0.422 e. The molecule has 0 spiro atoms. The van der Waals surface area contributed by atoms with Gasteiger partial charge in [-0.3, -0.25) is 0 Å². The molecule has 0 aliphatic heterocycles. The first-order valence-corrected chi connectivity index (χ1v) is 11.0. The van der Waals surface area contributed by atoms with Crippen molar-refractivity contribution in [1.82, 2.24) is 0 Å². The summed E-state index contributed by atoms with van der Waals surface area (Å²) in [5.41, 5.74) is -1.09. The topological polar surface area (TPSA) is 0 Å². The normalized spacial score (nSPS) is 18.8. The molecule has 0 amide bonds. The Morgan fingerprint density at radius 1 is 0.848 bits per heavy atom. The highest BCUT2D eigenvalue weighted by Crippen LogP contribution is 2.38. The SMILES string of the molecule is CCC1CCC(c2ccc3c(F)c(C#Cc4cc(F)c(C(F)(F)F)c(F)c4)ccc3c2)CC1. The van der Waals surface area contributed by atoms with Crippen LogP contribution >= 0.6 is 0 Å². The van der Waals surface area contributed by atoms with Gasteiger partial charge < -0.3 is 0 Å². The van der Waals surface area contributed by atoms with Crippen molar-refractivity contribution in [3.05, 3.63) is 82.2 Å². The lowest BCUT2D eigenvalue weighted by Crippen LogP contribution is -2.12. The average molecular weight is 460 g/mol. The summed E-state index contributed by atoms with van der Waals surface area (Å²) >= 11 is 0. The summed E-state index contributed by atoms with van der Waals surface area (Å²) < 4.78 is 80.7. The molecule has 0 heterocycles. The molecule has 1 saturated carbocycles. The van der Waals surface area contributed by atoms with Gasteiger partial charge in [-0.05, 0) is 66.7 Å². The molecule has 6 heteroatoms. The van der Waals surface area contributed by atoms with Gasteiger partial charge >= 0.3 is 6.18 Å². The van der Waals surface area contributed by atoms with E-state index in [1.165, 1.54) is 30.9 Å². The quantitative estimate of drug-likeness (QED) is 0.266. The summed E-state index contributed by atoms with van der Waals surface area (Å²) in [7, 11) is 0. The standard InChI is InChI=1S/C27H22F6/c1-2-16-3-6-18(7-4-16)20-11-12-22-21(15-20)10-9-19(26(22)30)8-5-17-13-23(28)25(24(29)14-17)27(31,32)33/h9-16,18H,2-4,6-7H2,1H3. The van der Waals surface area contributed by atoms with Gasteiger partial charge in [0.05, 0.1) is 5.56 Å². The minimum atomic E-state index is -5.15. The third-order valence-electron chi connectivity index (χ3n) is 6.54. The first-order chi connectivity index (χ1) is 15.7. The average Bonchev–Trinajstić information content (AvgIpc) is 2.77. The van der Waals surface area contributed by atoms with Crippen molar-refractivity contribution in [3.8, 4) is 11.8 Å². The van der Waals surface area contributed by atoms with Gasteiger partial charge in [-0.25, -0.2) is 13.2 Å². The summed E-state index contributed by atoms with van der Waals surface area (Å²) in [4.78, 5) is 0. The fourth-order valence-corrected chi connectivity index (χ4v) is 4.62. The lowest BCUT2D eigenvalue weighted by atomic mass is 9.77. The smallest absolute Gasteiger partial charge is 0.206 e. The number of alkyl halides is 3. The van der Waals surface area contributed by atoms with Crippen molar-refractivity contribution in [2.24, 2.45) is 5.92 Å². The fraction of sp³-hybridized carbons (Fsp3) is 0.333. The molecule has 0 bridgehead atoms. The van der Waals surface area contributed by atoms with Gasteiger partial charge in [-0.15, -0.1) is 0 Å². The molecule has 3 aromatic rings. The number of benzene rings is 3. The number of fused-ring (bicyclic) bond motifs is 1. The molecule has 172 valence electrons. The van der Waals surface area contributed by atoms with Crippen LogP contribution in [0.5, 0.6) is 0 Å². The van der Waals surface area contributed by atoms with Crippen molar-refractivity contribution in [2.45, 2.75) is 51.1 Å². The summed E-state index contributed by atoms with van der Waals surface area (Å²) in [6.07, 6.45) is 0.692. The highest BCUT2D eigenvalue weighted by molar-refractivity contribution is 5.85. The van der Waals surface area contributed by atoms with Crippen LogP contribution in [-0.2, 0) is 6.18 Å². The Balaban J connectivity index is 1.61. The molecule has 0 saturated heterocycles. The van der Waals surface area contributed by atoms with Crippen LogP contribution in [0.15, 0.2) is 42.5 Å². The van der Waals surface area contributed by atoms with Crippen molar-refractivity contribution >= 4 is 10.8 Å². The van der Waals surface area contributed by atoms with Crippen molar-refractivity contribution in [3.63, 3.8) is 0 Å². The van der Waals surface area contributed by atoms with E-state index in [2.05, 4.69) is 18.8 Å². The fourth-order valence-electron chi connectivity index (χ4n) is 4.62. The van der Waals surface area contributed by atoms with Gasteiger partial charge in [-0.1, -0.05) is 49.5 Å². The molecule has 0 N–H and O–H groups in total. The predicted octanol–water partition coefficient (Wildman–Crippen LogP) is 8.36. The number of hydrogen-bond donors (Lipinski definition) is 0. The van der Waals surface area contributed by atoms with E-state index in [0.29, 0.717) is 23.4 Å². The monoisotopic (exact) mass is 460 g/mol. The van der Waals surface area contributed by atoms with Crippen molar-refractivity contribution in [1.29, 1.82) is 0 Å². The van der Waals surface area contributed by atoms with Crippen LogP contribution in [0.4, 0.5) is 26.3 Å². The second kappa shape index (κ2) is 9.13. The van der Waals surface area contributed by atoms with Gasteiger partial charge in [0.15, 0.2) is 0 Å². The highest BCUT2D eigenvalue weighted by atomic mass is 19.4. The van der Waals surface area contributed by atoms with E-state index in [-0.39, 0.29) is 11.1 Å². The van der Waals surface area contributed by atoms with Gasteiger partial charge in [-0.2, -0.15) is 13.2 Å². The molecule has 33 heavy (non-hydrogen) atoms. The third kappa shape index (κ3) is 4.88. The molecule has 1 aliphatic carbocycles. The van der Waals surface area contributed by atoms with Gasteiger partial charge in [0.1, 0.15) is 23.0 Å². The van der Waals surface area contributed by atoms with Crippen LogP contribution in [0.25, 0.3) is 10.8 Å². The molecule has 0 atom stereocenters. The van der Waals surface area contributed by atoms with E-state index in [9.17, 15) is 22.0 Å². The number of rotatable bonds is 2. The van der Waals surface area contributed by atoms with Gasteiger partial charge in [0.2, 0.25) is 0 Å². The van der Waals surface area contributed by atoms with E-state index in [1.807, 2.05) is 12.1 Å². The van der Waals surface area contributed by atoms with E-state index >= 15 is 4.39 Å². The molecule has 1 aliphatic rings. The third-order valence-corrected chi connectivity index (χ3v) is 6.54. The molecule has 0 radical (unpaired) electrons.